The fourth-order valence-electron chi connectivity index (χ4n) is 3.76. The van der Waals surface area contributed by atoms with Gasteiger partial charge >= 0.3 is 0 Å². The van der Waals surface area contributed by atoms with Crippen molar-refractivity contribution in [3.63, 3.8) is 0 Å². The number of amides is 1. The van der Waals surface area contributed by atoms with Crippen molar-refractivity contribution in [1.82, 2.24) is 5.32 Å². The molecule has 1 aliphatic rings. The van der Waals surface area contributed by atoms with Crippen LogP contribution < -0.4 is 5.32 Å². The van der Waals surface area contributed by atoms with Gasteiger partial charge in [0.05, 0.1) is 30.5 Å². The standard InChI is InChI=1S/C21H33NO3/c1-13(2)20-19(22-16(6)23)15(5)21(24-14(3)4)18(25-20)12-17-10-8-7-9-11-17/h7-11,13-15,18-21H,12H2,1-6H3,(H,22,23)/t15-,18?,19?,20+,21-/m1/s1. The van der Waals surface area contributed by atoms with E-state index >= 15 is 0 Å². The minimum Gasteiger partial charge on any atom is -0.372 e. The van der Waals surface area contributed by atoms with Gasteiger partial charge in [-0.15, -0.1) is 0 Å². The molecule has 25 heavy (non-hydrogen) atoms. The third-order valence-corrected chi connectivity index (χ3v) is 4.87. The van der Waals surface area contributed by atoms with Crippen LogP contribution in [0, 0.1) is 11.8 Å². The lowest BCUT2D eigenvalue weighted by Gasteiger charge is -2.48. The molecular weight excluding hydrogens is 314 g/mol. The minimum absolute atomic E-state index is 0.0142. The summed E-state index contributed by atoms with van der Waals surface area (Å²) in [6.07, 6.45) is 0.852. The van der Waals surface area contributed by atoms with Crippen LogP contribution in [-0.2, 0) is 20.7 Å². The molecule has 0 radical (unpaired) electrons. The third-order valence-electron chi connectivity index (χ3n) is 4.87. The van der Waals surface area contributed by atoms with Gasteiger partial charge in [0, 0.05) is 19.3 Å². The largest absolute Gasteiger partial charge is 0.372 e. The Bertz CT molecular complexity index is 543. The van der Waals surface area contributed by atoms with Crippen LogP contribution >= 0.6 is 0 Å². The van der Waals surface area contributed by atoms with E-state index in [2.05, 4.69) is 50.4 Å². The minimum atomic E-state index is -0.0490. The first-order valence-electron chi connectivity index (χ1n) is 9.41. The second-order valence-corrected chi connectivity index (χ2v) is 7.81. The molecule has 1 amide bonds. The van der Waals surface area contributed by atoms with Crippen molar-refractivity contribution in [3.8, 4) is 0 Å². The third kappa shape index (κ3) is 5.29. The van der Waals surface area contributed by atoms with E-state index in [1.54, 1.807) is 6.92 Å². The summed E-state index contributed by atoms with van der Waals surface area (Å²) < 4.78 is 12.8. The van der Waals surface area contributed by atoms with Gasteiger partial charge in [-0.25, -0.2) is 0 Å². The number of rotatable bonds is 6. The molecule has 0 aromatic heterocycles. The van der Waals surface area contributed by atoms with Crippen LogP contribution in [0.2, 0.25) is 0 Å². The molecule has 1 aliphatic heterocycles. The van der Waals surface area contributed by atoms with Crippen LogP contribution in [0.4, 0.5) is 0 Å². The van der Waals surface area contributed by atoms with Crippen LogP contribution in [0.15, 0.2) is 30.3 Å². The monoisotopic (exact) mass is 347 g/mol. The Kier molecular flexibility index (Phi) is 7.03. The molecule has 1 heterocycles. The fourth-order valence-corrected chi connectivity index (χ4v) is 3.76. The molecule has 0 spiro atoms. The number of benzene rings is 1. The van der Waals surface area contributed by atoms with Gasteiger partial charge in [-0.05, 0) is 25.3 Å². The van der Waals surface area contributed by atoms with Crippen LogP contribution in [0.1, 0.15) is 47.1 Å². The molecule has 1 fully saturated rings. The van der Waals surface area contributed by atoms with Gasteiger partial charge in [-0.1, -0.05) is 51.1 Å². The molecule has 0 bridgehead atoms. The number of hydrogen-bond acceptors (Lipinski definition) is 3. The zero-order chi connectivity index (χ0) is 18.6. The van der Waals surface area contributed by atoms with Gasteiger partial charge in [-0.2, -0.15) is 0 Å². The van der Waals surface area contributed by atoms with Gasteiger partial charge in [0.15, 0.2) is 0 Å². The average Bonchev–Trinajstić information content (AvgIpc) is 2.53. The Balaban J connectivity index is 2.27. The molecule has 5 atom stereocenters. The van der Waals surface area contributed by atoms with Crippen molar-refractivity contribution < 1.29 is 14.3 Å². The van der Waals surface area contributed by atoms with E-state index in [0.29, 0.717) is 5.92 Å². The van der Waals surface area contributed by atoms with Crippen LogP contribution in [0.25, 0.3) is 0 Å². The molecule has 2 unspecified atom stereocenters. The van der Waals surface area contributed by atoms with Crippen LogP contribution in [-0.4, -0.2) is 36.4 Å². The van der Waals surface area contributed by atoms with Crippen molar-refractivity contribution in [3.05, 3.63) is 35.9 Å². The summed E-state index contributed by atoms with van der Waals surface area (Å²) in [6, 6.07) is 10.4. The lowest BCUT2D eigenvalue weighted by molar-refractivity contribution is -0.197. The van der Waals surface area contributed by atoms with Crippen molar-refractivity contribution in [2.75, 3.05) is 0 Å². The quantitative estimate of drug-likeness (QED) is 0.855. The van der Waals surface area contributed by atoms with E-state index in [9.17, 15) is 4.79 Å². The van der Waals surface area contributed by atoms with Gasteiger partial charge in [0.2, 0.25) is 5.91 Å². The van der Waals surface area contributed by atoms with Crippen molar-refractivity contribution in [1.29, 1.82) is 0 Å². The summed E-state index contributed by atoms with van der Waals surface area (Å²) in [6.45, 7) is 12.1. The Morgan fingerprint density at radius 1 is 1.20 bits per heavy atom. The van der Waals surface area contributed by atoms with E-state index in [0.717, 1.165) is 6.42 Å². The summed E-state index contributed by atoms with van der Waals surface area (Å²) in [5.41, 5.74) is 1.25. The van der Waals surface area contributed by atoms with E-state index in [-0.39, 0.29) is 42.3 Å². The first kappa shape index (κ1) is 19.9. The average molecular weight is 347 g/mol. The lowest BCUT2D eigenvalue weighted by Crippen LogP contribution is -2.62. The number of nitrogens with one attached hydrogen (secondary N) is 1. The smallest absolute Gasteiger partial charge is 0.217 e. The lowest BCUT2D eigenvalue weighted by atomic mass is 9.80. The Morgan fingerprint density at radius 2 is 1.84 bits per heavy atom. The number of carbonyl (C=O) groups is 1. The summed E-state index contributed by atoms with van der Waals surface area (Å²) in [7, 11) is 0. The summed E-state index contributed by atoms with van der Waals surface area (Å²) in [5.74, 6) is 0.481. The molecule has 140 valence electrons. The SMILES string of the molecule is CC(=O)NC1[C@H](C(C)C)OC(Cc2ccccc2)[C@H](OC(C)C)[C@@H]1C. The van der Waals surface area contributed by atoms with Gasteiger partial charge in [0.1, 0.15) is 0 Å². The van der Waals surface area contributed by atoms with Gasteiger partial charge in [-0.3, -0.25) is 4.79 Å². The van der Waals surface area contributed by atoms with E-state index in [1.807, 2.05) is 19.9 Å². The first-order chi connectivity index (χ1) is 11.8. The Hall–Kier alpha value is -1.39. The van der Waals surface area contributed by atoms with Crippen LogP contribution in [0.3, 0.4) is 0 Å². The summed E-state index contributed by atoms with van der Waals surface area (Å²) >= 11 is 0. The molecule has 1 N–H and O–H groups in total. The second-order valence-electron chi connectivity index (χ2n) is 7.81. The van der Waals surface area contributed by atoms with E-state index in [4.69, 9.17) is 9.47 Å². The highest BCUT2D eigenvalue weighted by atomic mass is 16.6. The highest BCUT2D eigenvalue weighted by Gasteiger charge is 2.45. The summed E-state index contributed by atoms with van der Waals surface area (Å²) in [4.78, 5) is 11.7. The second kappa shape index (κ2) is 8.81. The fraction of sp³-hybridized carbons (Fsp3) is 0.667. The Labute approximate surface area is 152 Å². The Morgan fingerprint density at radius 3 is 2.36 bits per heavy atom. The maximum absolute atomic E-state index is 11.7. The van der Waals surface area contributed by atoms with Crippen molar-refractivity contribution >= 4 is 5.91 Å². The van der Waals surface area contributed by atoms with Gasteiger partial charge < -0.3 is 14.8 Å². The molecule has 2 rings (SSSR count). The molecule has 4 nitrogen and oxygen atoms in total. The maximum Gasteiger partial charge on any atom is 0.217 e. The molecule has 0 aliphatic carbocycles. The summed E-state index contributed by atoms with van der Waals surface area (Å²) in [5, 5.41) is 3.11. The molecule has 1 aromatic rings. The highest BCUT2D eigenvalue weighted by Crippen LogP contribution is 2.33. The van der Waals surface area contributed by atoms with E-state index in [1.165, 1.54) is 5.56 Å². The van der Waals surface area contributed by atoms with Crippen molar-refractivity contribution in [2.45, 2.75) is 78.4 Å². The molecule has 1 aromatic carbocycles. The van der Waals surface area contributed by atoms with Crippen molar-refractivity contribution in [2.24, 2.45) is 11.8 Å². The predicted molar refractivity (Wildman–Crippen MR) is 100 cm³/mol. The zero-order valence-corrected chi connectivity index (χ0v) is 16.4. The predicted octanol–water partition coefficient (Wildman–Crippen LogP) is 3.59. The number of hydrogen-bond donors (Lipinski definition) is 1. The molecule has 0 saturated carbocycles. The molecular formula is C21H33NO3. The molecule has 1 saturated heterocycles. The van der Waals surface area contributed by atoms with Gasteiger partial charge in [0.25, 0.3) is 0 Å². The van der Waals surface area contributed by atoms with Crippen LogP contribution in [0.5, 0.6) is 0 Å². The first-order valence-corrected chi connectivity index (χ1v) is 9.41. The highest BCUT2D eigenvalue weighted by molar-refractivity contribution is 5.73. The number of carbonyl (C=O) groups excluding carboxylic acids is 1. The number of ether oxygens (including phenoxy) is 2. The topological polar surface area (TPSA) is 47.6 Å². The van der Waals surface area contributed by atoms with E-state index < -0.39 is 0 Å². The molecule has 4 heteroatoms. The zero-order valence-electron chi connectivity index (χ0n) is 16.4. The normalized spacial score (nSPS) is 29.8. The maximum atomic E-state index is 11.7.